The van der Waals surface area contributed by atoms with Gasteiger partial charge in [0.25, 0.3) is 0 Å². The highest BCUT2D eigenvalue weighted by Crippen LogP contribution is 2.17. The summed E-state index contributed by atoms with van der Waals surface area (Å²) in [6.07, 6.45) is 2.03. The lowest BCUT2D eigenvalue weighted by Crippen LogP contribution is -2.18. The van der Waals surface area contributed by atoms with Crippen molar-refractivity contribution in [3.8, 4) is 0 Å². The summed E-state index contributed by atoms with van der Waals surface area (Å²) in [6.45, 7) is 1.30. The number of benzene rings is 1. The Kier molecular flexibility index (Phi) is 4.91. The number of hydrogen-bond acceptors (Lipinski definition) is 6. The fraction of sp³-hybridized carbons (Fsp3) is 0.250. The van der Waals surface area contributed by atoms with Crippen LogP contribution in [0.15, 0.2) is 34.2 Å². The zero-order chi connectivity index (χ0) is 14.4. The molecule has 1 aromatic heterocycles. The van der Waals surface area contributed by atoms with Gasteiger partial charge in [-0.1, -0.05) is 34.0 Å². The van der Waals surface area contributed by atoms with Gasteiger partial charge in [0, 0.05) is 30.1 Å². The van der Waals surface area contributed by atoms with E-state index >= 15 is 0 Å². The van der Waals surface area contributed by atoms with Crippen molar-refractivity contribution in [1.29, 1.82) is 0 Å². The molecule has 0 bridgehead atoms. The Morgan fingerprint density at radius 2 is 2.35 bits per heavy atom. The van der Waals surface area contributed by atoms with E-state index in [1.807, 2.05) is 6.07 Å². The van der Waals surface area contributed by atoms with E-state index in [2.05, 4.69) is 20.6 Å². The molecule has 0 aliphatic carbocycles. The van der Waals surface area contributed by atoms with Gasteiger partial charge in [-0.25, -0.2) is 0 Å². The van der Waals surface area contributed by atoms with Crippen LogP contribution in [-0.2, 0) is 13.0 Å². The highest BCUT2D eigenvalue weighted by atomic mass is 35.5. The second-order valence-corrected chi connectivity index (χ2v) is 4.46. The number of halogens is 1. The minimum Gasteiger partial charge on any atom is -0.409 e. The maximum atomic E-state index is 8.60. The Bertz CT molecular complexity index is 586. The first-order chi connectivity index (χ1) is 9.70. The number of nitrogens with two attached hydrogens (primary N) is 1. The molecule has 0 spiro atoms. The molecular weight excluding hydrogens is 282 g/mol. The van der Waals surface area contributed by atoms with E-state index in [0.29, 0.717) is 36.0 Å². The van der Waals surface area contributed by atoms with Crippen molar-refractivity contribution < 1.29 is 9.73 Å². The highest BCUT2D eigenvalue weighted by molar-refractivity contribution is 6.31. The monoisotopic (exact) mass is 295 g/mol. The van der Waals surface area contributed by atoms with Crippen LogP contribution in [0, 0.1) is 0 Å². The van der Waals surface area contributed by atoms with E-state index in [9.17, 15) is 0 Å². The van der Waals surface area contributed by atoms with Gasteiger partial charge in [0.15, 0.2) is 12.2 Å². The molecule has 1 heterocycles. The van der Waals surface area contributed by atoms with Gasteiger partial charge in [-0.2, -0.15) is 4.98 Å². The number of amidine groups is 1. The molecule has 4 N–H and O–H groups in total. The van der Waals surface area contributed by atoms with E-state index in [-0.39, 0.29) is 5.84 Å². The second kappa shape index (κ2) is 6.88. The Labute approximate surface area is 120 Å². The average molecular weight is 296 g/mol. The van der Waals surface area contributed by atoms with Gasteiger partial charge in [-0.05, 0) is 11.6 Å². The number of nitrogens with one attached hydrogen (secondary N) is 1. The van der Waals surface area contributed by atoms with E-state index < -0.39 is 0 Å². The van der Waals surface area contributed by atoms with E-state index in [4.69, 9.17) is 27.1 Å². The quantitative estimate of drug-likeness (QED) is 0.242. The summed E-state index contributed by atoms with van der Waals surface area (Å²) < 4.78 is 4.89. The number of hydrogen-bond donors (Lipinski definition) is 3. The van der Waals surface area contributed by atoms with Gasteiger partial charge in [0.2, 0.25) is 5.89 Å². The molecule has 0 aliphatic heterocycles. The third-order valence-corrected chi connectivity index (χ3v) is 3.05. The van der Waals surface area contributed by atoms with Crippen LogP contribution in [0.3, 0.4) is 0 Å². The molecule has 0 amide bonds. The summed E-state index contributed by atoms with van der Waals surface area (Å²) in [4.78, 5) is 3.92. The smallest absolute Gasteiger partial charge is 0.227 e. The predicted octanol–water partition coefficient (Wildman–Crippen LogP) is 1.15. The SMILES string of the molecule is N/C(=N/O)c1ccc(CNCCc2ncno2)c(Cl)c1. The third-order valence-electron chi connectivity index (χ3n) is 2.69. The van der Waals surface area contributed by atoms with Gasteiger partial charge in [0.1, 0.15) is 0 Å². The summed E-state index contributed by atoms with van der Waals surface area (Å²) >= 11 is 6.14. The predicted molar refractivity (Wildman–Crippen MR) is 73.7 cm³/mol. The van der Waals surface area contributed by atoms with Crippen LogP contribution in [0.1, 0.15) is 17.0 Å². The van der Waals surface area contributed by atoms with Crippen LogP contribution in [0.25, 0.3) is 0 Å². The Hall–Kier alpha value is -2.12. The van der Waals surface area contributed by atoms with E-state index in [0.717, 1.165) is 5.56 Å². The van der Waals surface area contributed by atoms with Crippen LogP contribution in [-0.4, -0.2) is 27.7 Å². The van der Waals surface area contributed by atoms with Crippen molar-refractivity contribution in [3.63, 3.8) is 0 Å². The third kappa shape index (κ3) is 3.69. The zero-order valence-corrected chi connectivity index (χ0v) is 11.3. The molecule has 8 heteroatoms. The minimum absolute atomic E-state index is 0.0304. The first kappa shape index (κ1) is 14.3. The Balaban J connectivity index is 1.87. The number of nitrogens with zero attached hydrogens (tertiary/aromatic N) is 3. The topological polar surface area (TPSA) is 110 Å². The Morgan fingerprint density at radius 1 is 1.50 bits per heavy atom. The maximum absolute atomic E-state index is 8.60. The van der Waals surface area contributed by atoms with Crippen molar-refractivity contribution in [2.45, 2.75) is 13.0 Å². The van der Waals surface area contributed by atoms with Gasteiger partial charge in [0.05, 0.1) is 0 Å². The van der Waals surface area contributed by atoms with Crippen LogP contribution in [0.5, 0.6) is 0 Å². The van der Waals surface area contributed by atoms with Gasteiger partial charge >= 0.3 is 0 Å². The normalized spacial score (nSPS) is 11.8. The maximum Gasteiger partial charge on any atom is 0.227 e. The molecule has 0 atom stereocenters. The summed E-state index contributed by atoms with van der Waals surface area (Å²) in [5.74, 6) is 0.619. The fourth-order valence-electron chi connectivity index (χ4n) is 1.63. The zero-order valence-electron chi connectivity index (χ0n) is 10.6. The number of rotatable bonds is 6. The summed E-state index contributed by atoms with van der Waals surface area (Å²) in [5, 5.41) is 18.8. The van der Waals surface area contributed by atoms with Crippen LogP contribution < -0.4 is 11.1 Å². The summed E-state index contributed by atoms with van der Waals surface area (Å²) in [7, 11) is 0. The summed E-state index contributed by atoms with van der Waals surface area (Å²) in [6, 6.07) is 5.23. The molecule has 0 radical (unpaired) electrons. The number of oxime groups is 1. The lowest BCUT2D eigenvalue weighted by molar-refractivity contribution is 0.318. The minimum atomic E-state index is 0.0304. The lowest BCUT2D eigenvalue weighted by atomic mass is 10.1. The molecule has 0 saturated carbocycles. The molecule has 2 rings (SSSR count). The number of aromatic nitrogens is 2. The first-order valence-corrected chi connectivity index (χ1v) is 6.31. The van der Waals surface area contributed by atoms with Crippen LogP contribution in [0.4, 0.5) is 0 Å². The van der Waals surface area contributed by atoms with Crippen molar-refractivity contribution in [1.82, 2.24) is 15.5 Å². The van der Waals surface area contributed by atoms with Crippen molar-refractivity contribution >= 4 is 17.4 Å². The molecule has 2 aromatic rings. The van der Waals surface area contributed by atoms with E-state index in [1.54, 1.807) is 12.1 Å². The molecule has 0 fully saturated rings. The van der Waals surface area contributed by atoms with Gasteiger partial charge < -0.3 is 20.8 Å². The molecule has 20 heavy (non-hydrogen) atoms. The molecule has 0 saturated heterocycles. The van der Waals surface area contributed by atoms with Gasteiger partial charge in [-0.15, -0.1) is 0 Å². The molecule has 0 aliphatic rings. The fourth-order valence-corrected chi connectivity index (χ4v) is 1.88. The average Bonchev–Trinajstić information content (AvgIpc) is 2.97. The van der Waals surface area contributed by atoms with Crippen LogP contribution >= 0.6 is 11.6 Å². The standard InChI is InChI=1S/C12H14ClN5O2/c13-10-5-8(12(14)18-19)1-2-9(10)6-15-4-3-11-16-7-17-20-11/h1-2,5,7,15,19H,3-4,6H2,(H2,14,18). The van der Waals surface area contributed by atoms with Crippen molar-refractivity contribution in [2.24, 2.45) is 10.9 Å². The molecule has 1 aromatic carbocycles. The summed E-state index contributed by atoms with van der Waals surface area (Å²) in [5.41, 5.74) is 6.99. The second-order valence-electron chi connectivity index (χ2n) is 4.05. The molecule has 106 valence electrons. The molecule has 7 nitrogen and oxygen atoms in total. The Morgan fingerprint density at radius 3 is 3.00 bits per heavy atom. The molecule has 0 unspecified atom stereocenters. The van der Waals surface area contributed by atoms with Crippen LogP contribution in [0.2, 0.25) is 5.02 Å². The van der Waals surface area contributed by atoms with Gasteiger partial charge in [-0.3, -0.25) is 0 Å². The molecular formula is C12H14ClN5O2. The first-order valence-electron chi connectivity index (χ1n) is 5.93. The highest BCUT2D eigenvalue weighted by Gasteiger charge is 2.05. The lowest BCUT2D eigenvalue weighted by Gasteiger charge is -2.07. The van der Waals surface area contributed by atoms with E-state index in [1.165, 1.54) is 6.33 Å². The largest absolute Gasteiger partial charge is 0.409 e. The van der Waals surface area contributed by atoms with Crippen molar-refractivity contribution in [2.75, 3.05) is 6.54 Å². The van der Waals surface area contributed by atoms with Crippen molar-refractivity contribution in [3.05, 3.63) is 46.6 Å².